The minimum Gasteiger partial charge on any atom is -0.497 e. The van der Waals surface area contributed by atoms with Crippen LogP contribution >= 0.6 is 0 Å². The van der Waals surface area contributed by atoms with E-state index in [-0.39, 0.29) is 5.91 Å². The fraction of sp³-hybridized carbons (Fsp3) is 0.250. The molecular weight excluding hydrogens is 394 g/mol. The monoisotopic (exact) mass is 419 g/mol. The van der Waals surface area contributed by atoms with Gasteiger partial charge >= 0.3 is 0 Å². The van der Waals surface area contributed by atoms with Crippen LogP contribution in [0.25, 0.3) is 0 Å². The second-order valence-corrected chi connectivity index (χ2v) is 6.88. The highest BCUT2D eigenvalue weighted by Gasteiger charge is 2.39. The molecule has 1 aliphatic heterocycles. The predicted octanol–water partition coefficient (Wildman–Crippen LogP) is 4.66. The third kappa shape index (κ3) is 3.99. The van der Waals surface area contributed by atoms with E-state index < -0.39 is 6.17 Å². The zero-order valence-corrected chi connectivity index (χ0v) is 17.8. The Labute approximate surface area is 181 Å². The number of hydrogen-bond donors (Lipinski definition) is 1. The topological polar surface area (TPSA) is 72.9 Å². The molecule has 1 N–H and O–H groups in total. The van der Waals surface area contributed by atoms with Crippen molar-refractivity contribution in [2.75, 3.05) is 30.5 Å². The highest BCUT2D eigenvalue weighted by Crippen LogP contribution is 2.40. The molecule has 0 saturated heterocycles. The van der Waals surface area contributed by atoms with Crippen LogP contribution < -0.4 is 24.4 Å². The molecular formula is C24H25N3O4. The van der Waals surface area contributed by atoms with Gasteiger partial charge in [0.15, 0.2) is 6.17 Å². The van der Waals surface area contributed by atoms with Crippen molar-refractivity contribution in [1.82, 2.24) is 4.98 Å². The lowest BCUT2D eigenvalue weighted by molar-refractivity contribution is 0.0993. The summed E-state index contributed by atoms with van der Waals surface area (Å²) < 4.78 is 16.7. The highest BCUT2D eigenvalue weighted by atomic mass is 16.5. The highest BCUT2D eigenvalue weighted by molar-refractivity contribution is 6.11. The zero-order chi connectivity index (χ0) is 21.8. The number of carbonyl (C=O) groups excluding carboxylic acids is 1. The summed E-state index contributed by atoms with van der Waals surface area (Å²) in [6, 6.07) is 16.6. The molecule has 1 atom stereocenters. The maximum Gasteiger partial charge on any atom is 0.262 e. The van der Waals surface area contributed by atoms with Crippen molar-refractivity contribution in [3.05, 3.63) is 72.1 Å². The Kier molecular flexibility index (Phi) is 5.93. The first-order valence-corrected chi connectivity index (χ1v) is 10.2. The lowest BCUT2D eigenvalue weighted by Gasteiger charge is -2.27. The first-order valence-electron chi connectivity index (χ1n) is 10.2. The lowest BCUT2D eigenvalue weighted by Crippen LogP contribution is -2.32. The van der Waals surface area contributed by atoms with Crippen molar-refractivity contribution < 1.29 is 19.0 Å². The zero-order valence-electron chi connectivity index (χ0n) is 17.8. The third-order valence-corrected chi connectivity index (χ3v) is 5.01. The van der Waals surface area contributed by atoms with E-state index in [4.69, 9.17) is 14.2 Å². The van der Waals surface area contributed by atoms with Crippen LogP contribution in [0.3, 0.4) is 0 Å². The van der Waals surface area contributed by atoms with Crippen LogP contribution in [0.4, 0.5) is 11.4 Å². The average molecular weight is 419 g/mol. The largest absolute Gasteiger partial charge is 0.497 e. The van der Waals surface area contributed by atoms with E-state index in [1.807, 2.05) is 56.3 Å². The molecule has 1 aliphatic rings. The van der Waals surface area contributed by atoms with E-state index >= 15 is 0 Å². The Balaban J connectivity index is 1.76. The van der Waals surface area contributed by atoms with Crippen LogP contribution in [0.2, 0.25) is 0 Å². The molecule has 1 unspecified atom stereocenters. The molecule has 3 aromatic rings. The van der Waals surface area contributed by atoms with Crippen molar-refractivity contribution in [3.8, 4) is 17.2 Å². The van der Waals surface area contributed by atoms with Gasteiger partial charge in [-0.25, -0.2) is 0 Å². The molecule has 4 rings (SSSR count). The predicted molar refractivity (Wildman–Crippen MR) is 119 cm³/mol. The number of methoxy groups -OCH3 is 1. The molecule has 2 aromatic carbocycles. The van der Waals surface area contributed by atoms with Gasteiger partial charge in [0.25, 0.3) is 5.91 Å². The fourth-order valence-electron chi connectivity index (χ4n) is 3.63. The minimum absolute atomic E-state index is 0.121. The fourth-order valence-corrected chi connectivity index (χ4v) is 3.63. The van der Waals surface area contributed by atoms with Crippen molar-refractivity contribution in [2.45, 2.75) is 20.0 Å². The summed E-state index contributed by atoms with van der Waals surface area (Å²) in [5, 5.41) is 3.46. The molecule has 1 aromatic heterocycles. The second kappa shape index (κ2) is 8.95. The van der Waals surface area contributed by atoms with Gasteiger partial charge in [-0.05, 0) is 62.4 Å². The number of ether oxygens (including phenoxy) is 3. The normalized spacial score (nSPS) is 14.9. The summed E-state index contributed by atoms with van der Waals surface area (Å²) in [5.74, 6) is 2.00. The number of carbonyl (C=O) groups is 1. The Hall–Kier alpha value is -3.74. The summed E-state index contributed by atoms with van der Waals surface area (Å²) in [6.07, 6.45) is 1.19. The van der Waals surface area contributed by atoms with Crippen molar-refractivity contribution in [3.63, 3.8) is 0 Å². The maximum atomic E-state index is 13.3. The number of nitrogens with one attached hydrogen (secondary N) is 1. The average Bonchev–Trinajstić information content (AvgIpc) is 3.07. The smallest absolute Gasteiger partial charge is 0.262 e. The number of hydrogen-bond acceptors (Lipinski definition) is 6. The summed E-state index contributed by atoms with van der Waals surface area (Å²) in [5.41, 5.74) is 2.69. The number of nitrogens with zero attached hydrogens (tertiary/aromatic N) is 2. The Morgan fingerprint density at radius 3 is 2.45 bits per heavy atom. The van der Waals surface area contributed by atoms with Gasteiger partial charge in [0.05, 0.1) is 37.3 Å². The molecule has 0 aliphatic carbocycles. The Morgan fingerprint density at radius 2 is 1.74 bits per heavy atom. The molecule has 0 fully saturated rings. The van der Waals surface area contributed by atoms with Crippen molar-refractivity contribution in [2.24, 2.45) is 0 Å². The van der Waals surface area contributed by atoms with Gasteiger partial charge in [0.1, 0.15) is 17.2 Å². The first-order chi connectivity index (χ1) is 15.2. The second-order valence-electron chi connectivity index (χ2n) is 6.88. The van der Waals surface area contributed by atoms with Gasteiger partial charge in [-0.2, -0.15) is 0 Å². The number of pyridine rings is 1. The molecule has 0 radical (unpaired) electrons. The van der Waals surface area contributed by atoms with E-state index in [0.29, 0.717) is 30.2 Å². The quantitative estimate of drug-likeness (QED) is 0.573. The standard InChI is InChI=1S/C24H25N3O4/c1-4-30-18-12-13-21(31-5-2)20(15-18)26-23-22-19(7-6-14-25-22)24(28)27(23)16-8-10-17(29-3)11-9-16/h6-15,23,26H,4-5H2,1-3H3. The van der Waals surface area contributed by atoms with E-state index in [1.165, 1.54) is 0 Å². The van der Waals surface area contributed by atoms with Gasteiger partial charge in [-0.15, -0.1) is 0 Å². The van der Waals surface area contributed by atoms with Gasteiger partial charge in [0, 0.05) is 18.0 Å². The summed E-state index contributed by atoms with van der Waals surface area (Å²) in [7, 11) is 1.61. The molecule has 2 heterocycles. The van der Waals surface area contributed by atoms with Gasteiger partial charge in [-0.3, -0.25) is 14.7 Å². The SMILES string of the molecule is CCOc1ccc(OCC)c(NC2c3ncccc3C(=O)N2c2ccc(OC)cc2)c1. The van der Waals surface area contributed by atoms with Crippen LogP contribution in [0, 0.1) is 0 Å². The minimum atomic E-state index is -0.506. The molecule has 7 heteroatoms. The number of fused-ring (bicyclic) bond motifs is 1. The lowest BCUT2D eigenvalue weighted by atomic mass is 10.2. The molecule has 0 bridgehead atoms. The molecule has 7 nitrogen and oxygen atoms in total. The summed E-state index contributed by atoms with van der Waals surface area (Å²) in [6.45, 7) is 4.94. The molecule has 31 heavy (non-hydrogen) atoms. The molecule has 0 spiro atoms. The van der Waals surface area contributed by atoms with Crippen LogP contribution in [-0.2, 0) is 0 Å². The van der Waals surface area contributed by atoms with Crippen LogP contribution in [-0.4, -0.2) is 31.2 Å². The summed E-state index contributed by atoms with van der Waals surface area (Å²) >= 11 is 0. The number of amides is 1. The Morgan fingerprint density at radius 1 is 1.00 bits per heavy atom. The van der Waals surface area contributed by atoms with Crippen molar-refractivity contribution in [1.29, 1.82) is 0 Å². The van der Waals surface area contributed by atoms with Crippen LogP contribution in [0.15, 0.2) is 60.8 Å². The maximum absolute atomic E-state index is 13.3. The first kappa shape index (κ1) is 20.5. The van der Waals surface area contributed by atoms with Crippen molar-refractivity contribution >= 4 is 17.3 Å². The number of aromatic nitrogens is 1. The number of benzene rings is 2. The van der Waals surface area contributed by atoms with E-state index in [1.54, 1.807) is 30.3 Å². The molecule has 1 amide bonds. The van der Waals surface area contributed by atoms with Crippen LogP contribution in [0.1, 0.15) is 36.1 Å². The van der Waals surface area contributed by atoms with Gasteiger partial charge in [0.2, 0.25) is 0 Å². The van der Waals surface area contributed by atoms with E-state index in [2.05, 4.69) is 10.3 Å². The number of rotatable bonds is 8. The van der Waals surface area contributed by atoms with E-state index in [9.17, 15) is 4.79 Å². The van der Waals surface area contributed by atoms with Crippen LogP contribution in [0.5, 0.6) is 17.2 Å². The third-order valence-electron chi connectivity index (χ3n) is 5.01. The van der Waals surface area contributed by atoms with E-state index in [0.717, 1.165) is 22.9 Å². The molecule has 160 valence electrons. The van der Waals surface area contributed by atoms with Gasteiger partial charge < -0.3 is 19.5 Å². The summed E-state index contributed by atoms with van der Waals surface area (Å²) in [4.78, 5) is 19.5. The Bertz CT molecular complexity index is 1070. The molecule has 0 saturated carbocycles. The number of anilines is 2. The van der Waals surface area contributed by atoms with Gasteiger partial charge in [-0.1, -0.05) is 0 Å².